The Balaban J connectivity index is 1.94. The zero-order valence-electron chi connectivity index (χ0n) is 14.2. The summed E-state index contributed by atoms with van der Waals surface area (Å²) in [5.74, 6) is 0. The predicted molar refractivity (Wildman–Crippen MR) is 99.2 cm³/mol. The van der Waals surface area contributed by atoms with E-state index in [2.05, 4.69) is 35.6 Å². The van der Waals surface area contributed by atoms with Crippen molar-refractivity contribution >= 4 is 22.6 Å². The highest BCUT2D eigenvalue weighted by Gasteiger charge is 2.17. The maximum absolute atomic E-state index is 12.1. The lowest BCUT2D eigenvalue weighted by Gasteiger charge is -2.20. The van der Waals surface area contributed by atoms with Gasteiger partial charge in [-0.15, -0.1) is 0 Å². The number of hydrogen-bond donors (Lipinski definition) is 1. The van der Waals surface area contributed by atoms with E-state index in [0.717, 1.165) is 16.8 Å². The van der Waals surface area contributed by atoms with Crippen LogP contribution in [0.5, 0.6) is 0 Å². The lowest BCUT2D eigenvalue weighted by molar-refractivity contribution is 0.0636. The number of carbonyl (C=O) groups is 1. The molecule has 0 aromatic heterocycles. The van der Waals surface area contributed by atoms with Gasteiger partial charge in [-0.2, -0.15) is 0 Å². The fourth-order valence-electron chi connectivity index (χ4n) is 2.61. The Bertz CT molecular complexity index is 878. The molecule has 0 saturated heterocycles. The molecule has 24 heavy (non-hydrogen) atoms. The first-order valence-corrected chi connectivity index (χ1v) is 8.01. The molecule has 0 atom stereocenters. The predicted octanol–water partition coefficient (Wildman–Crippen LogP) is 5.85. The van der Waals surface area contributed by atoms with E-state index < -0.39 is 11.7 Å². The van der Waals surface area contributed by atoms with Crippen LogP contribution in [0.2, 0.25) is 0 Å². The minimum absolute atomic E-state index is 0.448. The van der Waals surface area contributed by atoms with Gasteiger partial charge in [0, 0.05) is 5.56 Å². The van der Waals surface area contributed by atoms with Gasteiger partial charge < -0.3 is 4.74 Å². The van der Waals surface area contributed by atoms with E-state index in [9.17, 15) is 4.79 Å². The number of anilines is 1. The van der Waals surface area contributed by atoms with Crippen molar-refractivity contribution in [2.75, 3.05) is 5.32 Å². The van der Waals surface area contributed by atoms with Gasteiger partial charge >= 0.3 is 6.09 Å². The molecule has 3 aromatic rings. The fourth-order valence-corrected chi connectivity index (χ4v) is 2.61. The standard InChI is InChI=1S/C21H21NO2/c1-21(2,3)24-20(23)22-19-11-7-6-10-18(19)17-13-12-15-8-4-5-9-16(15)14-17/h4-14H,1-3H3,(H,22,23). The molecule has 0 unspecified atom stereocenters. The van der Waals surface area contributed by atoms with Crippen LogP contribution in [0.25, 0.3) is 21.9 Å². The van der Waals surface area contributed by atoms with E-state index in [4.69, 9.17) is 4.74 Å². The highest BCUT2D eigenvalue weighted by atomic mass is 16.6. The summed E-state index contributed by atoms with van der Waals surface area (Å²) >= 11 is 0. The second kappa shape index (κ2) is 6.36. The number of benzene rings is 3. The summed E-state index contributed by atoms with van der Waals surface area (Å²) in [6.07, 6.45) is -0.448. The maximum Gasteiger partial charge on any atom is 0.412 e. The normalized spacial score (nSPS) is 11.3. The summed E-state index contributed by atoms with van der Waals surface area (Å²) in [6.45, 7) is 5.55. The van der Waals surface area contributed by atoms with Crippen LogP contribution in [0.4, 0.5) is 10.5 Å². The van der Waals surface area contributed by atoms with Gasteiger partial charge in [-0.1, -0.05) is 54.6 Å². The van der Waals surface area contributed by atoms with E-state index >= 15 is 0 Å². The molecule has 3 aromatic carbocycles. The van der Waals surface area contributed by atoms with Crippen molar-refractivity contribution in [3.8, 4) is 11.1 Å². The number of ether oxygens (including phenoxy) is 1. The average molecular weight is 319 g/mol. The highest BCUT2D eigenvalue weighted by Crippen LogP contribution is 2.30. The Morgan fingerprint density at radius 1 is 0.875 bits per heavy atom. The van der Waals surface area contributed by atoms with Crippen LogP contribution in [0.1, 0.15) is 20.8 Å². The monoisotopic (exact) mass is 319 g/mol. The van der Waals surface area contributed by atoms with Crippen molar-refractivity contribution in [3.05, 3.63) is 66.7 Å². The first-order chi connectivity index (χ1) is 11.4. The number of fused-ring (bicyclic) bond motifs is 1. The Morgan fingerprint density at radius 3 is 2.29 bits per heavy atom. The van der Waals surface area contributed by atoms with Gasteiger partial charge in [-0.3, -0.25) is 5.32 Å². The molecule has 3 rings (SSSR count). The lowest BCUT2D eigenvalue weighted by atomic mass is 10.00. The molecule has 0 aliphatic heterocycles. The molecule has 0 spiro atoms. The van der Waals surface area contributed by atoms with E-state index in [1.165, 1.54) is 10.8 Å². The largest absolute Gasteiger partial charge is 0.444 e. The third-order valence-electron chi connectivity index (χ3n) is 3.62. The molecule has 0 bridgehead atoms. The second-order valence-electron chi connectivity index (χ2n) is 6.73. The van der Waals surface area contributed by atoms with Crippen molar-refractivity contribution in [3.63, 3.8) is 0 Å². The third-order valence-corrected chi connectivity index (χ3v) is 3.62. The number of amides is 1. The zero-order valence-corrected chi connectivity index (χ0v) is 14.2. The molecular formula is C21H21NO2. The van der Waals surface area contributed by atoms with Gasteiger partial charge in [0.25, 0.3) is 0 Å². The molecule has 1 amide bonds. The number of hydrogen-bond acceptors (Lipinski definition) is 2. The minimum atomic E-state index is -0.526. The fraction of sp³-hybridized carbons (Fsp3) is 0.190. The maximum atomic E-state index is 12.1. The first-order valence-electron chi connectivity index (χ1n) is 8.01. The molecule has 3 nitrogen and oxygen atoms in total. The molecule has 1 N–H and O–H groups in total. The summed E-state index contributed by atoms with van der Waals surface area (Å²) in [7, 11) is 0. The Morgan fingerprint density at radius 2 is 1.54 bits per heavy atom. The molecule has 0 heterocycles. The van der Waals surface area contributed by atoms with E-state index in [0.29, 0.717) is 0 Å². The van der Waals surface area contributed by atoms with E-state index in [1.54, 1.807) is 0 Å². The van der Waals surface area contributed by atoms with Crippen molar-refractivity contribution in [2.24, 2.45) is 0 Å². The SMILES string of the molecule is CC(C)(C)OC(=O)Nc1ccccc1-c1ccc2ccccc2c1. The summed E-state index contributed by atoms with van der Waals surface area (Å²) < 4.78 is 5.35. The van der Waals surface area contributed by atoms with Gasteiger partial charge in [0.15, 0.2) is 0 Å². The van der Waals surface area contributed by atoms with Crippen molar-refractivity contribution in [1.82, 2.24) is 0 Å². The van der Waals surface area contributed by atoms with Gasteiger partial charge in [0.1, 0.15) is 5.60 Å². The summed E-state index contributed by atoms with van der Waals surface area (Å²) in [5, 5.41) is 5.21. The molecule has 0 aliphatic rings. The number of nitrogens with one attached hydrogen (secondary N) is 1. The van der Waals surface area contributed by atoms with E-state index in [1.807, 2.05) is 57.2 Å². The van der Waals surface area contributed by atoms with Crippen molar-refractivity contribution in [2.45, 2.75) is 26.4 Å². The van der Waals surface area contributed by atoms with Gasteiger partial charge in [-0.25, -0.2) is 4.79 Å². The quantitative estimate of drug-likeness (QED) is 0.643. The van der Waals surface area contributed by atoms with Crippen LogP contribution < -0.4 is 5.32 Å². The van der Waals surface area contributed by atoms with Gasteiger partial charge in [0.2, 0.25) is 0 Å². The van der Waals surface area contributed by atoms with Crippen molar-refractivity contribution in [1.29, 1.82) is 0 Å². The molecule has 0 radical (unpaired) electrons. The van der Waals surface area contributed by atoms with Crippen LogP contribution in [0, 0.1) is 0 Å². The summed E-state index contributed by atoms with van der Waals surface area (Å²) in [5.41, 5.74) is 2.23. The highest BCUT2D eigenvalue weighted by molar-refractivity contribution is 5.94. The Kier molecular flexibility index (Phi) is 4.26. The molecule has 0 aliphatic carbocycles. The zero-order chi connectivity index (χ0) is 17.2. The van der Waals surface area contributed by atoms with E-state index in [-0.39, 0.29) is 0 Å². The second-order valence-corrected chi connectivity index (χ2v) is 6.73. The van der Waals surface area contributed by atoms with Crippen molar-refractivity contribution < 1.29 is 9.53 Å². The van der Waals surface area contributed by atoms with Crippen LogP contribution >= 0.6 is 0 Å². The number of carbonyl (C=O) groups excluding carboxylic acids is 1. The average Bonchev–Trinajstić information content (AvgIpc) is 2.53. The molecule has 0 saturated carbocycles. The van der Waals surface area contributed by atoms with Crippen LogP contribution in [0.15, 0.2) is 66.7 Å². The molecule has 3 heteroatoms. The Hall–Kier alpha value is -2.81. The summed E-state index contributed by atoms with van der Waals surface area (Å²) in [6, 6.07) is 22.3. The minimum Gasteiger partial charge on any atom is -0.444 e. The smallest absolute Gasteiger partial charge is 0.412 e. The Labute approximate surface area is 142 Å². The molecule has 122 valence electrons. The molecular weight excluding hydrogens is 298 g/mol. The number of para-hydroxylation sites is 1. The van der Waals surface area contributed by atoms with Gasteiger partial charge in [0.05, 0.1) is 5.69 Å². The van der Waals surface area contributed by atoms with Crippen LogP contribution in [-0.2, 0) is 4.74 Å². The first kappa shape index (κ1) is 16.1. The topological polar surface area (TPSA) is 38.3 Å². The van der Waals surface area contributed by atoms with Crippen LogP contribution in [-0.4, -0.2) is 11.7 Å². The van der Waals surface area contributed by atoms with Gasteiger partial charge in [-0.05, 0) is 49.2 Å². The summed E-state index contributed by atoms with van der Waals surface area (Å²) in [4.78, 5) is 12.1. The molecule has 0 fully saturated rings. The van der Waals surface area contributed by atoms with Crippen LogP contribution in [0.3, 0.4) is 0 Å². The lowest BCUT2D eigenvalue weighted by Crippen LogP contribution is -2.27. The third kappa shape index (κ3) is 3.74. The number of rotatable bonds is 2.